The zero-order chi connectivity index (χ0) is 26.7. The summed E-state index contributed by atoms with van der Waals surface area (Å²) in [6, 6.07) is 10.0. The zero-order valence-corrected chi connectivity index (χ0v) is 19.7. The predicted octanol–water partition coefficient (Wildman–Crippen LogP) is 5.35. The fraction of sp³-hybridized carbons (Fsp3) is 0.308. The number of urea groups is 1. The highest BCUT2D eigenvalue weighted by Crippen LogP contribution is 2.45. The Kier molecular flexibility index (Phi) is 7.31. The van der Waals surface area contributed by atoms with Crippen LogP contribution in [0, 0.1) is 11.3 Å². The molecule has 1 atom stereocenters. The van der Waals surface area contributed by atoms with Gasteiger partial charge in [0.05, 0.1) is 29.5 Å². The molecule has 0 bridgehead atoms. The molecule has 0 saturated heterocycles. The van der Waals surface area contributed by atoms with Crippen LogP contribution in [0.5, 0.6) is 0 Å². The number of nitrogens with zero attached hydrogens (tertiary/aromatic N) is 3. The molecule has 1 unspecified atom stereocenters. The number of nitriles is 1. The minimum atomic E-state index is -4.67. The largest absolute Gasteiger partial charge is 0.447 e. The lowest BCUT2D eigenvalue weighted by molar-refractivity contribution is -0.137. The molecule has 11 heteroatoms. The first-order valence-electron chi connectivity index (χ1n) is 11.4. The molecule has 192 valence electrons. The lowest BCUT2D eigenvalue weighted by Crippen LogP contribution is -2.54. The number of carbonyl (C=O) groups excluding carboxylic acids is 3. The summed E-state index contributed by atoms with van der Waals surface area (Å²) in [4.78, 5) is 42.0. The first kappa shape index (κ1) is 25.9. The molecule has 8 nitrogen and oxygen atoms in total. The van der Waals surface area contributed by atoms with Crippen LogP contribution < -0.4 is 4.90 Å². The number of rotatable bonds is 5. The number of carbonyl (C=O) groups is 3. The summed E-state index contributed by atoms with van der Waals surface area (Å²) in [6.07, 6.45) is -4.99. The van der Waals surface area contributed by atoms with Gasteiger partial charge in [-0.25, -0.2) is 14.5 Å². The molecular formula is C26H22F3N3O5. The van der Waals surface area contributed by atoms with Gasteiger partial charge in [0.2, 0.25) is 0 Å². The van der Waals surface area contributed by atoms with Crippen LogP contribution in [0.25, 0.3) is 0 Å². The molecule has 0 N–H and O–H groups in total. The second-order valence-electron chi connectivity index (χ2n) is 8.42. The second kappa shape index (κ2) is 10.4. The number of ketones is 1. The van der Waals surface area contributed by atoms with Gasteiger partial charge >= 0.3 is 18.3 Å². The molecule has 2 aliphatic rings. The molecule has 0 saturated carbocycles. The van der Waals surface area contributed by atoms with Crippen LogP contribution >= 0.6 is 0 Å². The Labute approximate surface area is 210 Å². The van der Waals surface area contributed by atoms with Gasteiger partial charge in [-0.05, 0) is 48.7 Å². The number of imide groups is 1. The van der Waals surface area contributed by atoms with Crippen molar-refractivity contribution in [1.29, 1.82) is 5.26 Å². The van der Waals surface area contributed by atoms with E-state index in [1.807, 2.05) is 6.07 Å². The first-order valence-corrected chi connectivity index (χ1v) is 11.4. The number of alkyl halides is 3. The molecule has 3 amide bonds. The van der Waals surface area contributed by atoms with Crippen molar-refractivity contribution in [2.45, 2.75) is 31.5 Å². The monoisotopic (exact) mass is 513 g/mol. The van der Waals surface area contributed by atoms with Crippen molar-refractivity contribution in [2.24, 2.45) is 0 Å². The maximum absolute atomic E-state index is 13.9. The maximum atomic E-state index is 13.9. The van der Waals surface area contributed by atoms with E-state index in [9.17, 15) is 27.6 Å². The highest BCUT2D eigenvalue weighted by molar-refractivity contribution is 6.10. The summed E-state index contributed by atoms with van der Waals surface area (Å²) in [5.41, 5.74) is -0.0505. The average Bonchev–Trinajstić information content (AvgIpc) is 2.88. The van der Waals surface area contributed by atoms with E-state index >= 15 is 0 Å². The fourth-order valence-corrected chi connectivity index (χ4v) is 4.46. The van der Waals surface area contributed by atoms with E-state index in [4.69, 9.17) is 14.7 Å². The SMILES string of the molecule is COCCOC(=O)N1C(=O)N(c2cccc(C(F)(F)F)c2)C2=C(C(=O)CCC2)C1c1ccc(C#N)cc1. The summed E-state index contributed by atoms with van der Waals surface area (Å²) >= 11 is 0. The van der Waals surface area contributed by atoms with Crippen LogP contribution in [-0.4, -0.2) is 43.1 Å². The molecular weight excluding hydrogens is 491 g/mol. The Balaban J connectivity index is 1.91. The number of anilines is 1. The predicted molar refractivity (Wildman–Crippen MR) is 124 cm³/mol. The van der Waals surface area contributed by atoms with Gasteiger partial charge < -0.3 is 9.47 Å². The van der Waals surface area contributed by atoms with Crippen molar-refractivity contribution in [2.75, 3.05) is 25.2 Å². The Morgan fingerprint density at radius 1 is 1.11 bits per heavy atom. The summed E-state index contributed by atoms with van der Waals surface area (Å²) in [5, 5.41) is 9.16. The van der Waals surface area contributed by atoms with Crippen LogP contribution in [0.4, 0.5) is 28.4 Å². The number of halogens is 3. The van der Waals surface area contributed by atoms with Gasteiger partial charge in [0.25, 0.3) is 0 Å². The van der Waals surface area contributed by atoms with Crippen molar-refractivity contribution in [3.63, 3.8) is 0 Å². The standard InChI is InChI=1S/C26H22F3N3O5/c1-36-12-13-37-25(35)32-23(17-10-8-16(15-30)9-11-17)22-20(6-3-7-21(22)33)31(24(32)34)19-5-2-4-18(14-19)26(27,28)29/h2,4-5,8-11,14,23H,3,6-7,12-13H2,1H3. The molecule has 37 heavy (non-hydrogen) atoms. The first-order chi connectivity index (χ1) is 17.7. The molecule has 1 aliphatic carbocycles. The molecule has 2 aromatic rings. The number of methoxy groups -OCH3 is 1. The average molecular weight is 513 g/mol. The number of allylic oxidation sites excluding steroid dienone is 1. The molecule has 4 rings (SSSR count). The molecule has 2 aromatic carbocycles. The van der Waals surface area contributed by atoms with E-state index in [0.29, 0.717) is 17.5 Å². The third-order valence-electron chi connectivity index (χ3n) is 6.12. The quantitative estimate of drug-likeness (QED) is 0.500. The van der Waals surface area contributed by atoms with Crippen molar-refractivity contribution in [3.05, 3.63) is 76.5 Å². The fourth-order valence-electron chi connectivity index (χ4n) is 4.46. The van der Waals surface area contributed by atoms with Gasteiger partial charge in [0, 0.05) is 24.8 Å². The number of benzene rings is 2. The van der Waals surface area contributed by atoms with Crippen LogP contribution in [0.3, 0.4) is 0 Å². The molecule has 1 aliphatic heterocycles. The maximum Gasteiger partial charge on any atom is 0.418 e. The van der Waals surface area contributed by atoms with Gasteiger partial charge in [-0.1, -0.05) is 18.2 Å². The lowest BCUT2D eigenvalue weighted by Gasteiger charge is -2.43. The minimum Gasteiger partial charge on any atom is -0.447 e. The van der Waals surface area contributed by atoms with E-state index in [-0.39, 0.29) is 48.8 Å². The Morgan fingerprint density at radius 2 is 1.84 bits per heavy atom. The van der Waals surface area contributed by atoms with E-state index in [1.54, 1.807) is 0 Å². The third-order valence-corrected chi connectivity index (χ3v) is 6.12. The van der Waals surface area contributed by atoms with Gasteiger partial charge in [0.1, 0.15) is 12.6 Å². The van der Waals surface area contributed by atoms with Crippen LogP contribution in [0.15, 0.2) is 59.8 Å². The van der Waals surface area contributed by atoms with Crippen molar-refractivity contribution in [3.8, 4) is 6.07 Å². The summed E-state index contributed by atoms with van der Waals surface area (Å²) in [7, 11) is 1.40. The van der Waals surface area contributed by atoms with Gasteiger partial charge in [0.15, 0.2) is 5.78 Å². The highest BCUT2D eigenvalue weighted by atomic mass is 19.4. The Hall–Kier alpha value is -4.17. The molecule has 0 aromatic heterocycles. The van der Waals surface area contributed by atoms with Gasteiger partial charge in [-0.3, -0.25) is 9.69 Å². The number of hydrogen-bond acceptors (Lipinski definition) is 6. The summed E-state index contributed by atoms with van der Waals surface area (Å²) in [5.74, 6) is -0.338. The minimum absolute atomic E-state index is 0.0412. The van der Waals surface area contributed by atoms with E-state index < -0.39 is 29.9 Å². The molecule has 1 heterocycles. The smallest absolute Gasteiger partial charge is 0.418 e. The van der Waals surface area contributed by atoms with E-state index in [0.717, 1.165) is 28.0 Å². The van der Waals surface area contributed by atoms with Gasteiger partial charge in [-0.15, -0.1) is 0 Å². The van der Waals surface area contributed by atoms with Crippen molar-refractivity contribution >= 4 is 23.6 Å². The summed E-state index contributed by atoms with van der Waals surface area (Å²) in [6.45, 7) is -0.151. The van der Waals surface area contributed by atoms with Crippen LogP contribution in [-0.2, 0) is 20.4 Å². The number of amides is 3. The molecule has 0 radical (unpaired) electrons. The Morgan fingerprint density at radius 3 is 2.49 bits per heavy atom. The van der Waals surface area contributed by atoms with Crippen LogP contribution in [0.2, 0.25) is 0 Å². The lowest BCUT2D eigenvalue weighted by atomic mass is 9.83. The number of Topliss-reactive ketones (excluding diaryl/α,β-unsaturated/α-hetero) is 1. The topological polar surface area (TPSA) is 99.9 Å². The molecule has 0 spiro atoms. The number of ether oxygens (including phenoxy) is 2. The highest BCUT2D eigenvalue weighted by Gasteiger charge is 2.48. The van der Waals surface area contributed by atoms with E-state index in [1.165, 1.54) is 37.4 Å². The van der Waals surface area contributed by atoms with Crippen molar-refractivity contribution < 1.29 is 37.0 Å². The van der Waals surface area contributed by atoms with Crippen LogP contribution in [0.1, 0.15) is 42.0 Å². The third kappa shape index (κ3) is 5.06. The van der Waals surface area contributed by atoms with Gasteiger partial charge in [-0.2, -0.15) is 18.4 Å². The second-order valence-corrected chi connectivity index (χ2v) is 8.42. The Bertz CT molecular complexity index is 1300. The van der Waals surface area contributed by atoms with E-state index in [2.05, 4.69) is 0 Å². The molecule has 0 fully saturated rings. The normalized spacial score (nSPS) is 18.0. The number of hydrogen-bond donors (Lipinski definition) is 0. The summed E-state index contributed by atoms with van der Waals surface area (Å²) < 4.78 is 50.5. The zero-order valence-electron chi connectivity index (χ0n) is 19.7. The van der Waals surface area contributed by atoms with Crippen molar-refractivity contribution in [1.82, 2.24) is 4.90 Å².